The lowest BCUT2D eigenvalue weighted by atomic mass is 10.1. The van der Waals surface area contributed by atoms with Crippen molar-refractivity contribution in [3.63, 3.8) is 0 Å². The molecule has 0 saturated heterocycles. The fraction of sp³-hybridized carbons (Fsp3) is 0.214. The van der Waals surface area contributed by atoms with Crippen LogP contribution in [0, 0.1) is 0 Å². The molecule has 0 bridgehead atoms. The Bertz CT molecular complexity index is 750. The molecule has 1 aliphatic rings. The molecule has 1 aromatic carbocycles. The van der Waals surface area contributed by atoms with E-state index >= 15 is 0 Å². The normalized spacial score (nSPS) is 16.6. The third-order valence-corrected chi connectivity index (χ3v) is 3.36. The lowest BCUT2D eigenvalue weighted by molar-refractivity contribution is -0.125. The van der Waals surface area contributed by atoms with Crippen LogP contribution in [0.15, 0.2) is 30.6 Å². The van der Waals surface area contributed by atoms with Crippen LogP contribution in [-0.2, 0) is 9.59 Å². The first-order chi connectivity index (χ1) is 10.5. The lowest BCUT2D eigenvalue weighted by Crippen LogP contribution is -2.35. The summed E-state index contributed by atoms with van der Waals surface area (Å²) in [7, 11) is 0. The lowest BCUT2D eigenvalue weighted by Gasteiger charge is -2.22. The summed E-state index contributed by atoms with van der Waals surface area (Å²) in [6.07, 6.45) is 1.27. The molecular formula is C14H13N5O3. The zero-order valence-electron chi connectivity index (χ0n) is 11.7. The van der Waals surface area contributed by atoms with Crippen LogP contribution < -0.4 is 10.6 Å². The van der Waals surface area contributed by atoms with E-state index in [2.05, 4.69) is 20.7 Å². The molecule has 8 heteroatoms. The number of nitrogens with zero attached hydrogens (tertiary/aromatic N) is 3. The van der Waals surface area contributed by atoms with Crippen LogP contribution >= 0.6 is 0 Å². The number of Topliss-reactive ketones (excluding diaryl/α,β-unsaturated/α-hetero) is 1. The SMILES string of the molecule is CC(=O)c1ccc(NC(=O)[C@@H]2CC(=O)Nc3ncnn32)cc1. The third kappa shape index (κ3) is 2.58. The molecule has 3 rings (SSSR count). The number of benzene rings is 1. The number of nitrogens with one attached hydrogen (secondary N) is 2. The Morgan fingerprint density at radius 2 is 2.05 bits per heavy atom. The van der Waals surface area contributed by atoms with Gasteiger partial charge >= 0.3 is 0 Å². The van der Waals surface area contributed by atoms with Crippen molar-refractivity contribution in [2.45, 2.75) is 19.4 Å². The summed E-state index contributed by atoms with van der Waals surface area (Å²) in [6.45, 7) is 1.47. The highest BCUT2D eigenvalue weighted by atomic mass is 16.2. The second kappa shape index (κ2) is 5.40. The van der Waals surface area contributed by atoms with Crippen molar-refractivity contribution in [3.8, 4) is 0 Å². The van der Waals surface area contributed by atoms with Crippen LogP contribution in [-0.4, -0.2) is 32.4 Å². The van der Waals surface area contributed by atoms with E-state index in [1.807, 2.05) is 0 Å². The van der Waals surface area contributed by atoms with Gasteiger partial charge < -0.3 is 5.32 Å². The minimum Gasteiger partial charge on any atom is -0.324 e. The fourth-order valence-corrected chi connectivity index (χ4v) is 2.22. The van der Waals surface area contributed by atoms with Crippen LogP contribution in [0.3, 0.4) is 0 Å². The minimum absolute atomic E-state index is 0.00623. The number of amides is 2. The summed E-state index contributed by atoms with van der Waals surface area (Å²) >= 11 is 0. The van der Waals surface area contributed by atoms with E-state index in [1.54, 1.807) is 24.3 Å². The summed E-state index contributed by atoms with van der Waals surface area (Å²) in [6, 6.07) is 5.79. The van der Waals surface area contributed by atoms with Gasteiger partial charge in [0.2, 0.25) is 17.8 Å². The first-order valence-corrected chi connectivity index (χ1v) is 6.66. The van der Waals surface area contributed by atoms with Gasteiger partial charge in [-0.15, -0.1) is 0 Å². The maximum atomic E-state index is 12.3. The molecule has 0 spiro atoms. The quantitative estimate of drug-likeness (QED) is 0.822. The van der Waals surface area contributed by atoms with Gasteiger partial charge in [0.25, 0.3) is 0 Å². The Kier molecular flexibility index (Phi) is 3.42. The van der Waals surface area contributed by atoms with E-state index in [-0.39, 0.29) is 30.0 Å². The predicted molar refractivity (Wildman–Crippen MR) is 77.4 cm³/mol. The standard InChI is InChI=1S/C14H13N5O3/c1-8(20)9-2-4-10(5-3-9)17-13(22)11-6-12(21)18-14-15-7-16-19(11)14/h2-5,7,11H,6H2,1H3,(H,17,22)(H,15,16,18,21)/t11-/m0/s1. The molecule has 1 atom stereocenters. The van der Waals surface area contributed by atoms with Crippen molar-refractivity contribution in [1.82, 2.24) is 14.8 Å². The Balaban J connectivity index is 1.78. The molecule has 0 saturated carbocycles. The number of rotatable bonds is 3. The van der Waals surface area contributed by atoms with Crippen molar-refractivity contribution in [2.24, 2.45) is 0 Å². The molecular weight excluding hydrogens is 286 g/mol. The fourth-order valence-electron chi connectivity index (χ4n) is 2.22. The molecule has 0 unspecified atom stereocenters. The van der Waals surface area contributed by atoms with Gasteiger partial charge in [-0.25, -0.2) is 4.68 Å². The maximum absolute atomic E-state index is 12.3. The van der Waals surface area contributed by atoms with Gasteiger partial charge in [-0.2, -0.15) is 10.1 Å². The van der Waals surface area contributed by atoms with Crippen LogP contribution in [0.25, 0.3) is 0 Å². The van der Waals surface area contributed by atoms with Crippen LogP contribution in [0.2, 0.25) is 0 Å². The molecule has 2 amide bonds. The average Bonchev–Trinajstić information content (AvgIpc) is 2.94. The second-order valence-corrected chi connectivity index (χ2v) is 4.92. The highest BCUT2D eigenvalue weighted by Gasteiger charge is 2.31. The van der Waals surface area contributed by atoms with Crippen molar-refractivity contribution in [3.05, 3.63) is 36.2 Å². The van der Waals surface area contributed by atoms with Crippen molar-refractivity contribution < 1.29 is 14.4 Å². The van der Waals surface area contributed by atoms with Gasteiger partial charge in [0, 0.05) is 11.3 Å². The summed E-state index contributed by atoms with van der Waals surface area (Å²) in [4.78, 5) is 39.0. The first kappa shape index (κ1) is 13.9. The summed E-state index contributed by atoms with van der Waals surface area (Å²) in [5.74, 6) is -0.442. The number of carbonyl (C=O) groups is 3. The van der Waals surface area contributed by atoms with Crippen molar-refractivity contribution >= 4 is 29.2 Å². The molecule has 112 valence electrons. The molecule has 2 heterocycles. The van der Waals surface area contributed by atoms with Crippen molar-refractivity contribution in [2.75, 3.05) is 10.6 Å². The number of aromatic nitrogens is 3. The topological polar surface area (TPSA) is 106 Å². The Labute approximate surface area is 125 Å². The van der Waals surface area contributed by atoms with E-state index in [0.717, 1.165) is 0 Å². The van der Waals surface area contributed by atoms with Crippen LogP contribution in [0.4, 0.5) is 11.6 Å². The van der Waals surface area contributed by atoms with Gasteiger partial charge in [0.05, 0.1) is 6.42 Å². The Morgan fingerprint density at radius 1 is 1.32 bits per heavy atom. The zero-order valence-corrected chi connectivity index (χ0v) is 11.7. The Morgan fingerprint density at radius 3 is 2.73 bits per heavy atom. The van der Waals surface area contributed by atoms with E-state index in [1.165, 1.54) is 17.9 Å². The average molecular weight is 299 g/mol. The second-order valence-electron chi connectivity index (χ2n) is 4.92. The number of hydrogen-bond donors (Lipinski definition) is 2. The minimum atomic E-state index is -0.751. The van der Waals surface area contributed by atoms with E-state index in [0.29, 0.717) is 11.3 Å². The molecule has 8 nitrogen and oxygen atoms in total. The predicted octanol–water partition coefficient (Wildman–Crippen LogP) is 1.00. The molecule has 22 heavy (non-hydrogen) atoms. The molecule has 0 fully saturated rings. The highest BCUT2D eigenvalue weighted by Crippen LogP contribution is 2.23. The van der Waals surface area contributed by atoms with Gasteiger partial charge in [0.1, 0.15) is 12.4 Å². The Hall–Kier alpha value is -3.03. The number of hydrogen-bond acceptors (Lipinski definition) is 5. The van der Waals surface area contributed by atoms with Gasteiger partial charge in [-0.05, 0) is 31.2 Å². The molecule has 1 aromatic heterocycles. The summed E-state index contributed by atoms with van der Waals surface area (Å²) in [5.41, 5.74) is 1.11. The van der Waals surface area contributed by atoms with E-state index < -0.39 is 6.04 Å². The molecule has 0 radical (unpaired) electrons. The van der Waals surface area contributed by atoms with Gasteiger partial charge in [-0.1, -0.05) is 0 Å². The zero-order chi connectivity index (χ0) is 15.7. The van der Waals surface area contributed by atoms with Gasteiger partial charge in [-0.3, -0.25) is 19.7 Å². The number of fused-ring (bicyclic) bond motifs is 1. The molecule has 0 aliphatic carbocycles. The largest absolute Gasteiger partial charge is 0.324 e. The van der Waals surface area contributed by atoms with Gasteiger partial charge in [0.15, 0.2) is 5.78 Å². The third-order valence-electron chi connectivity index (χ3n) is 3.36. The van der Waals surface area contributed by atoms with Crippen LogP contribution in [0.1, 0.15) is 29.7 Å². The monoisotopic (exact) mass is 299 g/mol. The first-order valence-electron chi connectivity index (χ1n) is 6.66. The number of carbonyl (C=O) groups excluding carboxylic acids is 3. The maximum Gasteiger partial charge on any atom is 0.249 e. The number of anilines is 2. The van der Waals surface area contributed by atoms with E-state index in [9.17, 15) is 14.4 Å². The molecule has 1 aliphatic heterocycles. The van der Waals surface area contributed by atoms with Crippen molar-refractivity contribution in [1.29, 1.82) is 0 Å². The smallest absolute Gasteiger partial charge is 0.249 e. The summed E-state index contributed by atoms with van der Waals surface area (Å²) < 4.78 is 1.38. The van der Waals surface area contributed by atoms with E-state index in [4.69, 9.17) is 0 Å². The molecule has 2 aromatic rings. The number of ketones is 1. The summed E-state index contributed by atoms with van der Waals surface area (Å²) in [5, 5.41) is 9.21. The highest BCUT2D eigenvalue weighted by molar-refractivity contribution is 6.01. The molecule has 2 N–H and O–H groups in total. The van der Waals surface area contributed by atoms with Crippen LogP contribution in [0.5, 0.6) is 0 Å².